The molecule has 3 aliphatic rings. The molecule has 142 valence electrons. The number of hydrogen-bond donors (Lipinski definition) is 0. The first-order valence-corrected chi connectivity index (χ1v) is 9.89. The van der Waals surface area contributed by atoms with Crippen LogP contribution in [0.4, 0.5) is 0 Å². The molecule has 3 heterocycles. The largest absolute Gasteiger partial charge is 0.381 e. The van der Waals surface area contributed by atoms with Gasteiger partial charge in [-0.2, -0.15) is 5.10 Å². The number of rotatable bonds is 4. The van der Waals surface area contributed by atoms with Crippen molar-refractivity contribution in [1.82, 2.24) is 19.6 Å². The highest BCUT2D eigenvalue weighted by Gasteiger charge is 2.30. The van der Waals surface area contributed by atoms with Gasteiger partial charge in [-0.1, -0.05) is 0 Å². The van der Waals surface area contributed by atoms with Crippen molar-refractivity contribution in [2.45, 2.75) is 38.6 Å². The van der Waals surface area contributed by atoms with E-state index in [1.165, 1.54) is 6.42 Å². The zero-order chi connectivity index (χ0) is 17.9. The molecule has 1 aromatic rings. The molecule has 0 aromatic carbocycles. The summed E-state index contributed by atoms with van der Waals surface area (Å²) in [4.78, 5) is 29.0. The topological polar surface area (TPSA) is 67.7 Å². The van der Waals surface area contributed by atoms with Crippen LogP contribution in [-0.2, 0) is 28.9 Å². The van der Waals surface area contributed by atoms with Crippen LogP contribution >= 0.6 is 0 Å². The average Bonchev–Trinajstić information content (AvgIpc) is 3.21. The van der Waals surface area contributed by atoms with Crippen molar-refractivity contribution in [3.8, 4) is 0 Å². The summed E-state index contributed by atoms with van der Waals surface area (Å²) in [7, 11) is 0. The van der Waals surface area contributed by atoms with Gasteiger partial charge in [0.2, 0.25) is 5.91 Å². The number of amides is 1. The molecule has 0 radical (unpaired) electrons. The zero-order valence-corrected chi connectivity index (χ0v) is 15.4. The summed E-state index contributed by atoms with van der Waals surface area (Å²) in [6.45, 7) is 5.96. The summed E-state index contributed by atoms with van der Waals surface area (Å²) in [6.07, 6.45) is 5.15. The van der Waals surface area contributed by atoms with E-state index in [-0.39, 0.29) is 17.4 Å². The third-order valence-corrected chi connectivity index (χ3v) is 5.86. The molecule has 0 spiro atoms. The van der Waals surface area contributed by atoms with Crippen LogP contribution in [0.5, 0.6) is 0 Å². The number of ether oxygens (including phenoxy) is 1. The quantitative estimate of drug-likeness (QED) is 0.773. The molecule has 1 amide bonds. The Balaban J connectivity index is 1.28. The molecule has 1 aromatic heterocycles. The highest BCUT2D eigenvalue weighted by atomic mass is 16.5. The maximum Gasteiger partial charge on any atom is 0.267 e. The van der Waals surface area contributed by atoms with E-state index in [1.807, 2.05) is 4.90 Å². The molecule has 2 saturated heterocycles. The molecule has 0 N–H and O–H groups in total. The fourth-order valence-electron chi connectivity index (χ4n) is 4.18. The van der Waals surface area contributed by atoms with Gasteiger partial charge in [-0.05, 0) is 37.7 Å². The molecule has 0 saturated carbocycles. The second-order valence-corrected chi connectivity index (χ2v) is 7.61. The van der Waals surface area contributed by atoms with Gasteiger partial charge in [0, 0.05) is 45.4 Å². The Morgan fingerprint density at radius 1 is 1.15 bits per heavy atom. The predicted molar refractivity (Wildman–Crippen MR) is 97.1 cm³/mol. The Bertz CT molecular complexity index is 703. The van der Waals surface area contributed by atoms with Crippen LogP contribution in [0.1, 0.15) is 30.5 Å². The van der Waals surface area contributed by atoms with Gasteiger partial charge in [-0.25, -0.2) is 4.68 Å². The molecule has 26 heavy (non-hydrogen) atoms. The second kappa shape index (κ2) is 7.88. The minimum absolute atomic E-state index is 0.0145. The van der Waals surface area contributed by atoms with Crippen LogP contribution in [0.2, 0.25) is 0 Å². The van der Waals surface area contributed by atoms with Gasteiger partial charge < -0.3 is 9.64 Å². The number of hydrogen-bond acceptors (Lipinski definition) is 5. The number of aromatic nitrogens is 2. The minimum Gasteiger partial charge on any atom is -0.381 e. The fourth-order valence-corrected chi connectivity index (χ4v) is 4.18. The number of carbonyl (C=O) groups excluding carboxylic acids is 1. The highest BCUT2D eigenvalue weighted by Crippen LogP contribution is 2.18. The Labute approximate surface area is 153 Å². The molecule has 1 unspecified atom stereocenters. The Hall–Kier alpha value is -1.73. The van der Waals surface area contributed by atoms with E-state index < -0.39 is 0 Å². The third kappa shape index (κ3) is 3.83. The van der Waals surface area contributed by atoms with Crippen LogP contribution in [0, 0.1) is 5.92 Å². The van der Waals surface area contributed by atoms with E-state index in [0.29, 0.717) is 19.8 Å². The van der Waals surface area contributed by atoms with E-state index >= 15 is 0 Å². The van der Waals surface area contributed by atoms with Gasteiger partial charge in [0.05, 0.1) is 24.8 Å². The monoisotopic (exact) mass is 360 g/mol. The summed E-state index contributed by atoms with van der Waals surface area (Å²) in [5.74, 6) is 0.301. The highest BCUT2D eigenvalue weighted by molar-refractivity contribution is 5.79. The molecule has 0 bridgehead atoms. The average molecular weight is 360 g/mol. The first kappa shape index (κ1) is 17.7. The molecule has 2 aliphatic heterocycles. The summed E-state index contributed by atoms with van der Waals surface area (Å²) < 4.78 is 6.95. The summed E-state index contributed by atoms with van der Waals surface area (Å²) in [5.41, 5.74) is 2.26. The van der Waals surface area contributed by atoms with Crippen molar-refractivity contribution in [2.75, 3.05) is 45.9 Å². The lowest BCUT2D eigenvalue weighted by Crippen LogP contribution is -2.51. The van der Waals surface area contributed by atoms with E-state index in [2.05, 4.69) is 10.00 Å². The Kier molecular flexibility index (Phi) is 5.36. The molecule has 7 nitrogen and oxygen atoms in total. The van der Waals surface area contributed by atoms with Crippen LogP contribution in [0.3, 0.4) is 0 Å². The van der Waals surface area contributed by atoms with E-state index in [0.717, 1.165) is 69.7 Å². The molecule has 1 aliphatic carbocycles. The van der Waals surface area contributed by atoms with Crippen molar-refractivity contribution < 1.29 is 9.53 Å². The van der Waals surface area contributed by atoms with E-state index in [1.54, 1.807) is 10.7 Å². The smallest absolute Gasteiger partial charge is 0.267 e. The van der Waals surface area contributed by atoms with Gasteiger partial charge in [0.1, 0.15) is 0 Å². The van der Waals surface area contributed by atoms with Crippen LogP contribution in [0.15, 0.2) is 10.9 Å². The molecule has 7 heteroatoms. The summed E-state index contributed by atoms with van der Waals surface area (Å²) in [5, 5.41) is 4.59. The first-order valence-electron chi connectivity index (χ1n) is 9.89. The van der Waals surface area contributed by atoms with Gasteiger partial charge in [-0.3, -0.25) is 14.5 Å². The summed E-state index contributed by atoms with van der Waals surface area (Å²) in [6, 6.07) is 1.78. The van der Waals surface area contributed by atoms with Crippen LogP contribution in [-0.4, -0.2) is 71.4 Å². The first-order chi connectivity index (χ1) is 12.7. The number of aryl methyl sites for hydroxylation is 2. The van der Waals surface area contributed by atoms with Gasteiger partial charge in [0.15, 0.2) is 0 Å². The molecular weight excluding hydrogens is 332 g/mol. The predicted octanol–water partition coefficient (Wildman–Crippen LogP) is 0.303. The lowest BCUT2D eigenvalue weighted by molar-refractivity contribution is -0.137. The lowest BCUT2D eigenvalue weighted by Gasteiger charge is -2.35. The lowest BCUT2D eigenvalue weighted by atomic mass is 9.97. The van der Waals surface area contributed by atoms with Crippen molar-refractivity contribution in [2.24, 2.45) is 5.92 Å². The van der Waals surface area contributed by atoms with Crippen LogP contribution in [0.25, 0.3) is 0 Å². The maximum atomic E-state index is 12.4. The Morgan fingerprint density at radius 2 is 1.96 bits per heavy atom. The normalized spacial score (nSPS) is 23.8. The van der Waals surface area contributed by atoms with Crippen molar-refractivity contribution in [3.63, 3.8) is 0 Å². The van der Waals surface area contributed by atoms with E-state index in [4.69, 9.17) is 4.74 Å². The number of piperazine rings is 1. The molecule has 2 fully saturated rings. The van der Waals surface area contributed by atoms with Crippen molar-refractivity contribution in [1.29, 1.82) is 0 Å². The van der Waals surface area contributed by atoms with Crippen molar-refractivity contribution >= 4 is 5.91 Å². The van der Waals surface area contributed by atoms with E-state index in [9.17, 15) is 9.59 Å². The fraction of sp³-hybridized carbons (Fsp3) is 0.737. The number of fused-ring (bicyclic) bond motifs is 1. The number of carbonyl (C=O) groups is 1. The Morgan fingerprint density at radius 3 is 2.73 bits per heavy atom. The third-order valence-electron chi connectivity index (χ3n) is 5.86. The second-order valence-electron chi connectivity index (χ2n) is 7.61. The van der Waals surface area contributed by atoms with Crippen molar-refractivity contribution in [3.05, 3.63) is 27.7 Å². The molecule has 4 rings (SSSR count). The zero-order valence-electron chi connectivity index (χ0n) is 15.4. The van der Waals surface area contributed by atoms with Gasteiger partial charge in [0.25, 0.3) is 5.56 Å². The molecular formula is C19H28N4O3. The van der Waals surface area contributed by atoms with Gasteiger partial charge in [-0.15, -0.1) is 0 Å². The standard InChI is InChI=1S/C19H28N4O3/c24-18-13-15-3-1-2-4-17(15)20-23(18)11-8-21-6-9-22(10-7-21)19(25)16-5-12-26-14-16/h13,16H,1-12,14H2. The summed E-state index contributed by atoms with van der Waals surface area (Å²) >= 11 is 0. The maximum absolute atomic E-state index is 12.4. The number of nitrogens with zero attached hydrogens (tertiary/aromatic N) is 4. The van der Waals surface area contributed by atoms with Crippen LogP contribution < -0.4 is 5.56 Å². The SMILES string of the molecule is O=C(C1CCOC1)N1CCN(CCn2nc3c(cc2=O)CCCC3)CC1. The minimum atomic E-state index is 0.0145. The molecule has 1 atom stereocenters. The van der Waals surface area contributed by atoms with Gasteiger partial charge >= 0.3 is 0 Å².